The summed E-state index contributed by atoms with van der Waals surface area (Å²) in [7, 11) is 0. The lowest BCUT2D eigenvalue weighted by atomic mass is 9.49. The van der Waals surface area contributed by atoms with Crippen LogP contribution in [0.4, 0.5) is 5.69 Å². The quantitative estimate of drug-likeness (QED) is 0.346. The van der Waals surface area contributed by atoms with Gasteiger partial charge in [-0.15, -0.1) is 0 Å². The first-order valence-corrected chi connectivity index (χ1v) is 13.9. The van der Waals surface area contributed by atoms with Gasteiger partial charge in [0.25, 0.3) is 0 Å². The number of hydrogen-bond acceptors (Lipinski definition) is 3. The van der Waals surface area contributed by atoms with Crippen molar-refractivity contribution in [3.8, 4) is 0 Å². The number of esters is 1. The van der Waals surface area contributed by atoms with Crippen molar-refractivity contribution in [3.05, 3.63) is 42.0 Å². The second-order valence-electron chi connectivity index (χ2n) is 12.7. The Bertz CT molecular complexity index is 939. The maximum absolute atomic E-state index is 11.8. The van der Waals surface area contributed by atoms with Crippen molar-refractivity contribution in [3.63, 3.8) is 0 Å². The lowest BCUT2D eigenvalue weighted by Crippen LogP contribution is -2.53. The summed E-state index contributed by atoms with van der Waals surface area (Å²) in [6.45, 7) is 16.5. The Morgan fingerprint density at radius 1 is 1.12 bits per heavy atom. The van der Waals surface area contributed by atoms with Gasteiger partial charge in [0.2, 0.25) is 0 Å². The third kappa shape index (κ3) is 4.01. The largest absolute Gasteiger partial charge is 0.466 e. The molecule has 3 nitrogen and oxygen atoms in total. The van der Waals surface area contributed by atoms with Crippen molar-refractivity contribution in [2.45, 2.75) is 79.1 Å². The van der Waals surface area contributed by atoms with E-state index in [9.17, 15) is 4.79 Å². The zero-order valence-electron chi connectivity index (χ0n) is 21.9. The molecule has 3 saturated carbocycles. The summed E-state index contributed by atoms with van der Waals surface area (Å²) in [5, 5.41) is 0. The molecule has 1 aromatic carbocycles. The number of carbonyl (C=O) groups is 1. The molecule has 1 aliphatic heterocycles. The summed E-state index contributed by atoms with van der Waals surface area (Å²) in [5.41, 5.74) is 5.01. The van der Waals surface area contributed by atoms with E-state index in [0.717, 1.165) is 18.4 Å². The smallest absolute Gasteiger partial charge is 0.302 e. The predicted octanol–water partition coefficient (Wildman–Crippen LogP) is 7.05. The third-order valence-corrected chi connectivity index (χ3v) is 10.9. The number of hydrogen-bond donors (Lipinski definition) is 0. The van der Waals surface area contributed by atoms with E-state index < -0.39 is 0 Å². The molecule has 0 saturated heterocycles. The molecule has 4 aliphatic rings. The van der Waals surface area contributed by atoms with Crippen LogP contribution in [0.1, 0.15) is 78.2 Å². The molecule has 1 aromatic rings. The Balaban J connectivity index is 1.48. The normalized spacial score (nSPS) is 39.6. The highest BCUT2D eigenvalue weighted by Crippen LogP contribution is 2.64. The van der Waals surface area contributed by atoms with E-state index >= 15 is 0 Å². The molecule has 0 bridgehead atoms. The summed E-state index contributed by atoms with van der Waals surface area (Å²) in [6.07, 6.45) is 9.99. The first-order chi connectivity index (χ1) is 16.2. The van der Waals surface area contributed by atoms with E-state index in [1.165, 1.54) is 74.7 Å². The highest BCUT2D eigenvalue weighted by Gasteiger charge is 2.57. The minimum absolute atomic E-state index is 0.130. The van der Waals surface area contributed by atoms with Gasteiger partial charge in [0.15, 0.2) is 0 Å². The van der Waals surface area contributed by atoms with Gasteiger partial charge in [0.05, 0.1) is 6.61 Å². The van der Waals surface area contributed by atoms with E-state index in [-0.39, 0.29) is 11.4 Å². The van der Waals surface area contributed by atoms with Crippen LogP contribution in [-0.2, 0) is 16.0 Å². The molecular weight excluding hydrogens is 418 g/mol. The van der Waals surface area contributed by atoms with Crippen LogP contribution in [0.15, 0.2) is 36.4 Å². The molecule has 3 fully saturated rings. The van der Waals surface area contributed by atoms with Gasteiger partial charge < -0.3 is 9.64 Å². The van der Waals surface area contributed by atoms with Gasteiger partial charge in [0.1, 0.15) is 0 Å². The second-order valence-corrected chi connectivity index (χ2v) is 12.7. The molecule has 0 spiro atoms. The van der Waals surface area contributed by atoms with E-state index in [1.54, 1.807) is 6.92 Å². The third-order valence-electron chi connectivity index (χ3n) is 10.9. The molecule has 7 atom stereocenters. The molecule has 186 valence electrons. The minimum atomic E-state index is -0.130. The highest BCUT2D eigenvalue weighted by atomic mass is 16.5. The number of para-hydroxylation sites is 1. The summed E-state index contributed by atoms with van der Waals surface area (Å²) < 4.78 is 5.69. The summed E-state index contributed by atoms with van der Waals surface area (Å²) in [6, 6.07) is 9.04. The summed E-state index contributed by atoms with van der Waals surface area (Å²) in [5.74, 6) is 3.12. The molecular formula is C31H45NO2. The average Bonchev–Trinajstić information content (AvgIpc) is 3.35. The van der Waals surface area contributed by atoms with Crippen LogP contribution in [0.25, 0.3) is 0 Å². The van der Waals surface area contributed by atoms with E-state index in [2.05, 4.69) is 56.5 Å². The van der Waals surface area contributed by atoms with Crippen LogP contribution in [-0.4, -0.2) is 25.7 Å². The van der Waals surface area contributed by atoms with Gasteiger partial charge >= 0.3 is 5.97 Å². The fraction of sp³-hybridized carbons (Fsp3) is 0.710. The van der Waals surface area contributed by atoms with Gasteiger partial charge in [-0.3, -0.25) is 4.79 Å². The molecule has 3 heteroatoms. The maximum atomic E-state index is 11.8. The number of benzene rings is 1. The molecule has 0 aromatic heterocycles. The van der Waals surface area contributed by atoms with Crippen LogP contribution >= 0.6 is 0 Å². The van der Waals surface area contributed by atoms with Gasteiger partial charge in [-0.2, -0.15) is 0 Å². The van der Waals surface area contributed by atoms with Gasteiger partial charge in [0, 0.05) is 25.7 Å². The van der Waals surface area contributed by atoms with Crippen molar-refractivity contribution < 1.29 is 9.53 Å². The van der Waals surface area contributed by atoms with Crippen molar-refractivity contribution in [2.75, 3.05) is 24.6 Å². The number of fused-ring (bicyclic) bond motifs is 2. The Morgan fingerprint density at radius 3 is 2.71 bits per heavy atom. The first kappa shape index (κ1) is 23.9. The van der Waals surface area contributed by atoms with E-state index in [4.69, 9.17) is 4.74 Å². The number of anilines is 1. The predicted molar refractivity (Wildman–Crippen MR) is 140 cm³/mol. The van der Waals surface area contributed by atoms with Crippen LogP contribution < -0.4 is 4.90 Å². The number of nitrogens with zero attached hydrogens (tertiary/aromatic N) is 1. The van der Waals surface area contributed by atoms with Crippen LogP contribution in [0.3, 0.4) is 0 Å². The van der Waals surface area contributed by atoms with Crippen molar-refractivity contribution in [1.29, 1.82) is 0 Å². The van der Waals surface area contributed by atoms with Crippen molar-refractivity contribution in [2.24, 2.45) is 40.4 Å². The van der Waals surface area contributed by atoms with Crippen LogP contribution in [0.5, 0.6) is 0 Å². The Kier molecular flexibility index (Phi) is 6.36. The molecule has 3 aliphatic carbocycles. The fourth-order valence-corrected chi connectivity index (χ4v) is 8.72. The topological polar surface area (TPSA) is 29.5 Å². The number of ether oxygens (including phenoxy) is 1. The Morgan fingerprint density at radius 2 is 1.91 bits per heavy atom. The van der Waals surface area contributed by atoms with Gasteiger partial charge in [-0.05, 0) is 97.0 Å². The monoisotopic (exact) mass is 463 g/mol. The molecule has 0 unspecified atom stereocenters. The SMILES string of the molecule is C=C1CC[C@H]2[C@H](CN3CCc4ccccc43)[C@@H]([C@@]3(C)CC[C@H](C)C[C@@H]3COC(C)=O)CC[C@]12C. The fourth-order valence-electron chi connectivity index (χ4n) is 8.72. The summed E-state index contributed by atoms with van der Waals surface area (Å²) >= 11 is 0. The minimum Gasteiger partial charge on any atom is -0.466 e. The van der Waals surface area contributed by atoms with Gasteiger partial charge in [-0.25, -0.2) is 0 Å². The second kappa shape index (κ2) is 9.03. The lowest BCUT2D eigenvalue weighted by molar-refractivity contribution is -0.148. The number of carbonyl (C=O) groups excluding carboxylic acids is 1. The zero-order chi connectivity index (χ0) is 24.1. The molecule has 1 heterocycles. The molecule has 0 N–H and O–H groups in total. The van der Waals surface area contributed by atoms with E-state index in [1.807, 2.05) is 0 Å². The Hall–Kier alpha value is -1.77. The van der Waals surface area contributed by atoms with Crippen LogP contribution in [0, 0.1) is 40.4 Å². The summed E-state index contributed by atoms with van der Waals surface area (Å²) in [4.78, 5) is 14.5. The van der Waals surface area contributed by atoms with Gasteiger partial charge in [-0.1, -0.05) is 57.5 Å². The standard InChI is InChI=1S/C31H45NO2/c1-21-12-15-31(5,25(18-21)20-34-23(3)33)28-13-16-30(4)22(2)10-11-27(30)26(28)19-32-17-14-24-8-6-7-9-29(24)32/h6-9,21,25-28H,2,10-20H2,1,3-5H3/t21-,25+,26-,27-,28-,30+,31-/m0/s1. The van der Waals surface area contributed by atoms with Crippen molar-refractivity contribution in [1.82, 2.24) is 0 Å². The first-order valence-electron chi connectivity index (χ1n) is 13.9. The highest BCUT2D eigenvalue weighted by molar-refractivity contribution is 5.65. The molecule has 0 radical (unpaired) electrons. The van der Waals surface area contributed by atoms with Crippen LogP contribution in [0.2, 0.25) is 0 Å². The average molecular weight is 464 g/mol. The molecule has 0 amide bonds. The lowest BCUT2D eigenvalue weighted by Gasteiger charge is -2.57. The molecule has 34 heavy (non-hydrogen) atoms. The van der Waals surface area contributed by atoms with Crippen molar-refractivity contribution >= 4 is 11.7 Å². The zero-order valence-corrected chi connectivity index (χ0v) is 21.9. The Labute approximate surface area is 207 Å². The van der Waals surface area contributed by atoms with E-state index in [0.29, 0.717) is 29.8 Å². The molecule has 5 rings (SSSR count). The number of allylic oxidation sites excluding steroid dienone is 1. The maximum Gasteiger partial charge on any atom is 0.302 e. The number of rotatable bonds is 5.